The maximum atomic E-state index is 15.3. The van der Waals surface area contributed by atoms with Crippen LogP contribution in [0.15, 0.2) is 323 Å². The molecule has 2 aliphatic carbocycles. The quantitative estimate of drug-likeness (QED) is 0.102. The van der Waals surface area contributed by atoms with Crippen LogP contribution in [0.5, 0.6) is 23.0 Å². The van der Waals surface area contributed by atoms with Gasteiger partial charge in [0, 0.05) is 17.1 Å². The van der Waals surface area contributed by atoms with Crippen LogP contribution in [0.1, 0.15) is 55.6 Å². The van der Waals surface area contributed by atoms with Gasteiger partial charge in [0.15, 0.2) is 0 Å². The van der Waals surface area contributed by atoms with Gasteiger partial charge in [-0.05, 0) is 215 Å². The van der Waals surface area contributed by atoms with Gasteiger partial charge >= 0.3 is 0 Å². The molecule has 0 spiro atoms. The third kappa shape index (κ3) is 9.43. The van der Waals surface area contributed by atoms with E-state index in [1.165, 1.54) is 0 Å². The Hall–Kier alpha value is -11.4. The number of hydrogen-bond donors (Lipinski definition) is 0. The van der Waals surface area contributed by atoms with Gasteiger partial charge in [0.05, 0.1) is 10.8 Å². The third-order valence-electron chi connectivity index (χ3n) is 17.8. The summed E-state index contributed by atoms with van der Waals surface area (Å²) in [4.78, 5) is 2.37. The summed E-state index contributed by atoms with van der Waals surface area (Å²) >= 11 is 0. The fourth-order valence-corrected chi connectivity index (χ4v) is 13.7. The van der Waals surface area contributed by atoms with Gasteiger partial charge < -0.3 is 14.4 Å². The van der Waals surface area contributed by atoms with E-state index in [1.54, 1.807) is 24.3 Å². The predicted molar refractivity (Wildman–Crippen MR) is 360 cm³/mol. The van der Waals surface area contributed by atoms with Crippen molar-refractivity contribution in [2.24, 2.45) is 0 Å². The summed E-state index contributed by atoms with van der Waals surface area (Å²) in [5, 5.41) is 0. The number of halogens is 2. The maximum Gasteiger partial charge on any atom is 0.127 e. The van der Waals surface area contributed by atoms with Crippen LogP contribution < -0.4 is 14.4 Å². The molecule has 0 bridgehead atoms. The Labute approximate surface area is 517 Å². The molecule has 3 nitrogen and oxygen atoms in total. The van der Waals surface area contributed by atoms with Crippen molar-refractivity contribution in [2.75, 3.05) is 4.90 Å². The van der Waals surface area contributed by atoms with Gasteiger partial charge in [-0.15, -0.1) is 0 Å². The largest absolute Gasteiger partial charge is 0.457 e. The zero-order valence-electron chi connectivity index (χ0n) is 48.5. The van der Waals surface area contributed by atoms with Crippen molar-refractivity contribution in [1.82, 2.24) is 0 Å². The zero-order chi connectivity index (χ0) is 60.1. The normalized spacial score (nSPS) is 15.0. The minimum Gasteiger partial charge on any atom is -0.457 e. The van der Waals surface area contributed by atoms with E-state index in [9.17, 15) is 0 Å². The van der Waals surface area contributed by atoms with Gasteiger partial charge in [0.2, 0.25) is 0 Å². The smallest absolute Gasteiger partial charge is 0.127 e. The average molecular weight is 1150 g/mol. The number of benzene rings is 13. The van der Waals surface area contributed by atoms with Crippen LogP contribution >= 0.6 is 0 Å². The first-order valence-corrected chi connectivity index (χ1v) is 29.9. The van der Waals surface area contributed by atoms with Crippen molar-refractivity contribution < 1.29 is 18.3 Å². The number of fused-ring (bicyclic) bond motifs is 6. The molecule has 5 heteroatoms. The van der Waals surface area contributed by atoms with Crippen molar-refractivity contribution in [3.05, 3.63) is 390 Å². The Bertz CT molecular complexity index is 4560. The second kappa shape index (κ2) is 22.5. The fraction of sp³-hybridized carbons (Fsp3) is 0.0238. The molecule has 89 heavy (non-hydrogen) atoms. The Kier molecular flexibility index (Phi) is 13.7. The van der Waals surface area contributed by atoms with Crippen LogP contribution in [-0.4, -0.2) is 0 Å². The van der Waals surface area contributed by atoms with Gasteiger partial charge in [-0.3, -0.25) is 0 Å². The van der Waals surface area contributed by atoms with Crippen LogP contribution in [-0.2, 0) is 10.8 Å². The average Bonchev–Trinajstić information content (AvgIpc) is 1.60. The van der Waals surface area contributed by atoms with Crippen LogP contribution in [0.2, 0.25) is 0 Å². The van der Waals surface area contributed by atoms with Crippen LogP contribution in [0.25, 0.3) is 56.7 Å². The van der Waals surface area contributed by atoms with E-state index in [0.717, 1.165) is 117 Å². The molecule has 0 amide bonds. The van der Waals surface area contributed by atoms with E-state index in [-0.39, 0.29) is 11.6 Å². The molecule has 15 rings (SSSR count). The van der Waals surface area contributed by atoms with Crippen molar-refractivity contribution in [3.63, 3.8) is 0 Å². The summed E-state index contributed by atoms with van der Waals surface area (Å²) in [7, 11) is 0. The predicted octanol–water partition coefficient (Wildman–Crippen LogP) is 22.4. The SMILES string of the molecule is C=Cc1ccc(Oc2ccc(C3(c4ccc(F)cc4)c4ccccc4-c4ccc(N(c5cccc(-c6cccc(-c7ccccc7)c6)c5)c5ccc6c(c5)C(c5ccc(F)cc5)(c5ccc(Oc7ccc(C=C)cc7)cc5)c5ccccc5-6)cc43)cc2)cc1. The Morgan fingerprint density at radius 3 is 1.06 bits per heavy atom. The molecule has 0 aromatic heterocycles. The van der Waals surface area contributed by atoms with Gasteiger partial charge in [-0.25, -0.2) is 8.78 Å². The van der Waals surface area contributed by atoms with E-state index in [0.29, 0.717) is 23.0 Å². The molecule has 13 aromatic carbocycles. The minimum atomic E-state index is -0.909. The first-order chi connectivity index (χ1) is 43.8. The van der Waals surface area contributed by atoms with Gasteiger partial charge in [0.25, 0.3) is 0 Å². The second-order valence-corrected chi connectivity index (χ2v) is 22.7. The lowest BCUT2D eigenvalue weighted by molar-refractivity contribution is 0.482. The number of anilines is 3. The van der Waals surface area contributed by atoms with Crippen molar-refractivity contribution in [2.45, 2.75) is 10.8 Å². The van der Waals surface area contributed by atoms with E-state index < -0.39 is 10.8 Å². The molecule has 2 aliphatic rings. The zero-order valence-corrected chi connectivity index (χ0v) is 48.5. The first kappa shape index (κ1) is 54.3. The van der Waals surface area contributed by atoms with Crippen molar-refractivity contribution in [1.29, 1.82) is 0 Å². The molecule has 0 radical (unpaired) electrons. The highest BCUT2D eigenvalue weighted by Gasteiger charge is 2.48. The lowest BCUT2D eigenvalue weighted by atomic mass is 9.67. The van der Waals surface area contributed by atoms with Crippen molar-refractivity contribution >= 4 is 29.2 Å². The number of hydrogen-bond acceptors (Lipinski definition) is 3. The Balaban J connectivity index is 0.944. The highest BCUT2D eigenvalue weighted by Crippen LogP contribution is 2.60. The monoisotopic (exact) mass is 1150 g/mol. The van der Waals surface area contributed by atoms with E-state index in [1.807, 2.05) is 115 Å². The minimum absolute atomic E-state index is 0.315. The summed E-state index contributed by atoms with van der Waals surface area (Å²) in [6.45, 7) is 7.83. The fourth-order valence-electron chi connectivity index (χ4n) is 13.7. The molecule has 424 valence electrons. The van der Waals surface area contributed by atoms with Crippen LogP contribution in [0, 0.1) is 11.6 Å². The molecule has 0 N–H and O–H groups in total. The van der Waals surface area contributed by atoms with E-state index >= 15 is 8.78 Å². The molecule has 0 saturated carbocycles. The maximum absolute atomic E-state index is 15.3. The topological polar surface area (TPSA) is 21.7 Å². The molecular weight excluding hydrogens is 1090 g/mol. The molecule has 0 saturated heterocycles. The molecule has 0 aliphatic heterocycles. The van der Waals surface area contributed by atoms with E-state index in [4.69, 9.17) is 9.47 Å². The van der Waals surface area contributed by atoms with Crippen LogP contribution in [0.3, 0.4) is 0 Å². The number of ether oxygens (including phenoxy) is 2. The lowest BCUT2D eigenvalue weighted by Crippen LogP contribution is -2.29. The summed E-state index contributed by atoms with van der Waals surface area (Å²) in [5.41, 5.74) is 19.8. The van der Waals surface area contributed by atoms with E-state index in [2.05, 4.69) is 200 Å². The van der Waals surface area contributed by atoms with Gasteiger partial charge in [-0.2, -0.15) is 0 Å². The van der Waals surface area contributed by atoms with Crippen molar-refractivity contribution in [3.8, 4) is 67.5 Å². The Morgan fingerprint density at radius 1 is 0.281 bits per heavy atom. The highest BCUT2D eigenvalue weighted by atomic mass is 19.1. The Morgan fingerprint density at radius 2 is 0.618 bits per heavy atom. The summed E-state index contributed by atoms with van der Waals surface area (Å²) in [5.74, 6) is 2.17. The summed E-state index contributed by atoms with van der Waals surface area (Å²) < 4.78 is 43.6. The molecule has 2 unspecified atom stereocenters. The molecule has 0 heterocycles. The molecule has 0 fully saturated rings. The molecule has 13 aromatic rings. The number of nitrogens with zero attached hydrogens (tertiary/aromatic N) is 1. The van der Waals surface area contributed by atoms with Gasteiger partial charge in [-0.1, -0.05) is 219 Å². The summed E-state index contributed by atoms with van der Waals surface area (Å²) in [6.07, 6.45) is 3.63. The number of rotatable bonds is 15. The molecular formula is C84H57F2NO2. The lowest BCUT2D eigenvalue weighted by Gasteiger charge is -2.36. The van der Waals surface area contributed by atoms with Gasteiger partial charge in [0.1, 0.15) is 34.6 Å². The van der Waals surface area contributed by atoms with Crippen LogP contribution in [0.4, 0.5) is 25.8 Å². The highest BCUT2D eigenvalue weighted by molar-refractivity contribution is 5.93. The summed E-state index contributed by atoms with van der Waals surface area (Å²) in [6, 6.07) is 105. The molecule has 2 atom stereocenters. The first-order valence-electron chi connectivity index (χ1n) is 29.9. The standard InChI is InChI=1S/C84H57F2NO2/c1-3-56-24-42-71(43-25-56)88-73-46-32-64(33-47-73)83(62-28-36-66(85)37-29-62)79-22-10-8-20-75(79)77-50-40-69(54-81(77)83)87(68-19-13-18-61(53-68)60-17-12-16-59(52-60)58-14-6-5-7-15-58)70-41-51-78-76-21-9-11-23-80(76)84(82(78)55-70,63-30-38-67(86)39-31-63)65-34-48-74(49-35-65)89-72-44-26-57(4-2)27-45-72/h3-55H,1-2H2. The second-order valence-electron chi connectivity index (χ2n) is 22.7. The third-order valence-corrected chi connectivity index (χ3v) is 17.8.